The molecule has 5 atom stereocenters. The summed E-state index contributed by atoms with van der Waals surface area (Å²) >= 11 is 0. The van der Waals surface area contributed by atoms with Crippen LogP contribution in [0.4, 0.5) is 13.2 Å². The van der Waals surface area contributed by atoms with Crippen LogP contribution in [0, 0.1) is 29.3 Å². The van der Waals surface area contributed by atoms with Gasteiger partial charge in [0.25, 0.3) is 0 Å². The van der Waals surface area contributed by atoms with Gasteiger partial charge in [0.15, 0.2) is 5.78 Å². The fourth-order valence-corrected chi connectivity index (χ4v) is 16.4. The first-order valence-electron chi connectivity index (χ1n) is 30.9. The summed E-state index contributed by atoms with van der Waals surface area (Å²) in [5, 5.41) is 17.1. The van der Waals surface area contributed by atoms with E-state index in [0.717, 1.165) is 159 Å². The van der Waals surface area contributed by atoms with Gasteiger partial charge in [0.1, 0.15) is 29.0 Å². The molecule has 0 saturated heterocycles. The van der Waals surface area contributed by atoms with E-state index >= 15 is 0 Å². The summed E-state index contributed by atoms with van der Waals surface area (Å²) in [6.45, 7) is 6.80. The van der Waals surface area contributed by atoms with Gasteiger partial charge in [-0.3, -0.25) is 14.4 Å². The summed E-state index contributed by atoms with van der Waals surface area (Å²) < 4.78 is 45.7. The molecule has 6 aliphatic rings. The maximum Gasteiger partial charge on any atom is 0.155 e. The van der Waals surface area contributed by atoms with Crippen molar-refractivity contribution in [1.29, 1.82) is 0 Å². The number of Topliss-reactive ketones (excluding diaryl/α,β-unsaturated/α-hetero) is 2. The van der Waals surface area contributed by atoms with Gasteiger partial charge in [-0.25, -0.2) is 27.2 Å². The van der Waals surface area contributed by atoms with E-state index in [0.29, 0.717) is 42.7 Å². The zero-order valence-corrected chi connectivity index (χ0v) is 48.5. The Hall–Kier alpha value is -7.73. The second-order valence-electron chi connectivity index (χ2n) is 24.9. The van der Waals surface area contributed by atoms with E-state index in [1.54, 1.807) is 36.4 Å². The Balaban J connectivity index is 0.000000118. The summed E-state index contributed by atoms with van der Waals surface area (Å²) in [5.74, 6) is 1.34. The number of ketones is 3. The number of nitrogens with zero attached hydrogens (tertiary/aromatic N) is 6. The van der Waals surface area contributed by atoms with Crippen LogP contribution >= 0.6 is 0 Å². The minimum atomic E-state index is -0.245. The summed E-state index contributed by atoms with van der Waals surface area (Å²) in [6, 6.07) is 33.2. The molecule has 430 valence electrons. The lowest BCUT2D eigenvalue weighted by Gasteiger charge is -2.43. The first-order chi connectivity index (χ1) is 40.8. The summed E-state index contributed by atoms with van der Waals surface area (Å²) in [4.78, 5) is 36.4. The Bertz CT molecular complexity index is 3870. The topological polar surface area (TPSA) is 105 Å². The molecule has 9 aromatic rings. The first kappa shape index (κ1) is 55.5. The van der Waals surface area contributed by atoms with Crippen LogP contribution in [0.15, 0.2) is 139 Å². The van der Waals surface area contributed by atoms with Gasteiger partial charge in [-0.15, -0.1) is 0 Å². The largest absolute Gasteiger partial charge is 0.300 e. The predicted molar refractivity (Wildman–Crippen MR) is 325 cm³/mol. The lowest BCUT2D eigenvalue weighted by molar-refractivity contribution is -0.124. The van der Waals surface area contributed by atoms with Crippen LogP contribution in [0.1, 0.15) is 163 Å². The highest BCUT2D eigenvalue weighted by molar-refractivity contribution is 5.93. The molecule has 1 unspecified atom stereocenters. The predicted octanol–water partition coefficient (Wildman–Crippen LogP) is 16.5. The van der Waals surface area contributed by atoms with E-state index in [1.165, 1.54) is 75.4 Å². The van der Waals surface area contributed by atoms with Crippen molar-refractivity contribution in [2.45, 2.75) is 165 Å². The van der Waals surface area contributed by atoms with Gasteiger partial charge in [0.05, 0.1) is 52.2 Å². The average molecular weight is 1130 g/mol. The van der Waals surface area contributed by atoms with Gasteiger partial charge in [-0.1, -0.05) is 26.3 Å². The second kappa shape index (κ2) is 22.4. The van der Waals surface area contributed by atoms with Gasteiger partial charge >= 0.3 is 0 Å². The minimum Gasteiger partial charge on any atom is -0.300 e. The van der Waals surface area contributed by atoms with Crippen LogP contribution in [-0.4, -0.2) is 46.7 Å². The van der Waals surface area contributed by atoms with Crippen LogP contribution in [0.2, 0.25) is 0 Å². The zero-order chi connectivity index (χ0) is 57.9. The molecule has 0 aliphatic heterocycles. The maximum atomic E-state index is 13.3. The number of hydrogen-bond donors (Lipinski definition) is 0. The van der Waals surface area contributed by atoms with E-state index < -0.39 is 0 Å². The number of aromatic nitrogens is 6. The highest BCUT2D eigenvalue weighted by Crippen LogP contribution is 2.54. The molecule has 6 aromatic carbocycles. The molecule has 84 heavy (non-hydrogen) atoms. The monoisotopic (exact) mass is 1130 g/mol. The lowest BCUT2D eigenvalue weighted by Crippen LogP contribution is -2.40. The molecule has 0 N–H and O–H groups in total. The number of fused-ring (bicyclic) bond motifs is 12. The number of halogens is 3. The van der Waals surface area contributed by atoms with Gasteiger partial charge in [0.2, 0.25) is 0 Å². The number of hydrogen-bond acceptors (Lipinski definition) is 6. The highest BCUT2D eigenvalue weighted by Gasteiger charge is 2.47. The Kier molecular flexibility index (Phi) is 14.8. The number of aryl methyl sites for hydroxylation is 3. The van der Waals surface area contributed by atoms with Crippen LogP contribution in [0.3, 0.4) is 0 Å². The standard InChI is InChI=1S/2C24H25FN2O.C24H23FN2O/c3*1-2-24-11-10-21(28)14-18(24)5-3-4-16-13-23-17(12-22(16)24)15-26-27(23)20-8-6-19(25)7-9-20/h2*6-9,12-13,15,18H,2-5,10-11,14H2,1H3;6-9,12-15H,2-5,10-11H2,1H3/t18-,24+;18-,24-;/m01./s1. The quantitative estimate of drug-likeness (QED) is 0.164. The first-order valence-corrected chi connectivity index (χ1v) is 30.9. The highest BCUT2D eigenvalue weighted by atomic mass is 19.1. The van der Waals surface area contributed by atoms with Crippen molar-refractivity contribution in [2.24, 2.45) is 11.8 Å². The number of carbonyl (C=O) groups is 3. The number of benzene rings is 6. The van der Waals surface area contributed by atoms with Crippen molar-refractivity contribution in [3.05, 3.63) is 190 Å². The fourth-order valence-electron chi connectivity index (χ4n) is 16.4. The van der Waals surface area contributed by atoms with Gasteiger partial charge < -0.3 is 0 Å². The molecule has 12 heteroatoms. The van der Waals surface area contributed by atoms with Crippen molar-refractivity contribution >= 4 is 50.1 Å². The molecule has 0 spiro atoms. The fraction of sp³-hybridized carbons (Fsp3) is 0.389. The van der Waals surface area contributed by atoms with Gasteiger partial charge in [0, 0.05) is 53.7 Å². The van der Waals surface area contributed by atoms with E-state index in [2.05, 4.69) is 72.5 Å². The van der Waals surface area contributed by atoms with Crippen LogP contribution in [0.5, 0.6) is 0 Å². The Labute approximate surface area is 489 Å². The molecular formula is C72H73F3N6O3. The van der Waals surface area contributed by atoms with E-state index in [9.17, 15) is 27.6 Å². The smallest absolute Gasteiger partial charge is 0.155 e. The normalized spacial score (nSPS) is 23.7. The second-order valence-corrected chi connectivity index (χ2v) is 24.9. The van der Waals surface area contributed by atoms with E-state index in [4.69, 9.17) is 0 Å². The molecular weight excluding hydrogens is 1050 g/mol. The third-order valence-corrected chi connectivity index (χ3v) is 20.9. The van der Waals surface area contributed by atoms with Crippen molar-refractivity contribution in [3.8, 4) is 17.1 Å². The minimum absolute atomic E-state index is 0.0219. The Morgan fingerprint density at radius 2 is 0.845 bits per heavy atom. The summed E-state index contributed by atoms with van der Waals surface area (Å²) in [6.07, 6.45) is 26.8. The molecule has 6 aliphatic carbocycles. The summed E-state index contributed by atoms with van der Waals surface area (Å²) in [5.41, 5.74) is 15.7. The molecule has 3 aromatic heterocycles. The molecule has 2 fully saturated rings. The molecule has 2 saturated carbocycles. The van der Waals surface area contributed by atoms with Crippen molar-refractivity contribution in [2.75, 3.05) is 0 Å². The van der Waals surface area contributed by atoms with Gasteiger partial charge in [-0.05, 0) is 268 Å². The van der Waals surface area contributed by atoms with Crippen LogP contribution in [0.25, 0.3) is 49.8 Å². The molecule has 0 radical (unpaired) electrons. The SMILES string of the molecule is CCC12CCC(=O)C=C1CCCc1cc3c(cnn3-c3ccc(F)cc3)cc12.CC[C@@]12CCC(=O)C[C@@H]1CCCc1cc3c(cnn3-c3ccc(F)cc3)cc12.CC[C@@]12CCC(=O)C[C@H]1CCCc1cc3c(cnn3-c3ccc(F)cc3)cc12. The van der Waals surface area contributed by atoms with Crippen LogP contribution < -0.4 is 0 Å². The number of rotatable bonds is 6. The van der Waals surface area contributed by atoms with Crippen molar-refractivity contribution < 1.29 is 27.6 Å². The average Bonchev–Trinajstić information content (AvgIpc) is 3.78. The molecule has 0 bridgehead atoms. The van der Waals surface area contributed by atoms with Gasteiger partial charge in [-0.2, -0.15) is 15.3 Å². The van der Waals surface area contributed by atoms with E-state index in [1.807, 2.05) is 38.7 Å². The summed E-state index contributed by atoms with van der Waals surface area (Å²) in [7, 11) is 0. The molecule has 9 nitrogen and oxygen atoms in total. The third kappa shape index (κ3) is 9.75. The molecule has 15 rings (SSSR count). The van der Waals surface area contributed by atoms with E-state index in [-0.39, 0.29) is 39.5 Å². The number of allylic oxidation sites excluding steroid dienone is 2. The Morgan fingerprint density at radius 1 is 0.452 bits per heavy atom. The molecule has 3 heterocycles. The van der Waals surface area contributed by atoms with Crippen LogP contribution in [-0.2, 0) is 49.9 Å². The van der Waals surface area contributed by atoms with Crippen molar-refractivity contribution in [1.82, 2.24) is 29.3 Å². The Morgan fingerprint density at radius 3 is 1.25 bits per heavy atom. The lowest BCUT2D eigenvalue weighted by atomic mass is 9.60. The number of carbonyl (C=O) groups excluding carboxylic acids is 3. The zero-order valence-electron chi connectivity index (χ0n) is 48.5. The third-order valence-electron chi connectivity index (χ3n) is 20.9. The van der Waals surface area contributed by atoms with Crippen molar-refractivity contribution in [3.63, 3.8) is 0 Å². The maximum absolute atomic E-state index is 13.3. The molecule has 0 amide bonds.